The third-order valence-electron chi connectivity index (χ3n) is 2.73. The molecule has 1 heterocycles. The number of alkyl halides is 3. The van der Waals surface area contributed by atoms with Crippen molar-refractivity contribution in [2.75, 3.05) is 6.61 Å². The number of pyridine rings is 1. The maximum Gasteiger partial charge on any atom is 0.416 e. The topological polar surface area (TPSA) is 33.1 Å². The van der Waals surface area contributed by atoms with Gasteiger partial charge in [0.05, 0.1) is 11.3 Å². The van der Waals surface area contributed by atoms with Gasteiger partial charge in [0.1, 0.15) is 0 Å². The van der Waals surface area contributed by atoms with Gasteiger partial charge < -0.3 is 5.11 Å². The molecule has 0 amide bonds. The first kappa shape index (κ1) is 13.5. The molecule has 0 saturated carbocycles. The highest BCUT2D eigenvalue weighted by molar-refractivity contribution is 5.59. The predicted molar refractivity (Wildman–Crippen MR) is 65.5 cm³/mol. The van der Waals surface area contributed by atoms with E-state index in [1.54, 1.807) is 18.3 Å². The van der Waals surface area contributed by atoms with Gasteiger partial charge in [0.15, 0.2) is 0 Å². The van der Waals surface area contributed by atoms with Crippen molar-refractivity contribution in [2.24, 2.45) is 0 Å². The summed E-state index contributed by atoms with van der Waals surface area (Å²) in [6.07, 6.45) is -2.19. The van der Waals surface area contributed by atoms with Crippen LogP contribution in [0.25, 0.3) is 11.3 Å². The van der Waals surface area contributed by atoms with Crippen molar-refractivity contribution in [1.29, 1.82) is 0 Å². The Balaban J connectivity index is 2.22. The standard InChI is InChI=1S/C14H12F3NO/c15-14(16,17)12-4-2-11(3-5-12)13-6-1-10(7-8-19)9-18-13/h1-6,9,19H,7-8H2. The van der Waals surface area contributed by atoms with Crippen LogP contribution in [0, 0.1) is 0 Å². The zero-order valence-electron chi connectivity index (χ0n) is 9.98. The molecule has 5 heteroatoms. The molecule has 0 aliphatic carbocycles. The molecule has 1 aromatic heterocycles. The van der Waals surface area contributed by atoms with Crippen molar-refractivity contribution in [2.45, 2.75) is 12.6 Å². The molecule has 0 atom stereocenters. The van der Waals surface area contributed by atoms with Gasteiger partial charge in [0, 0.05) is 18.4 Å². The van der Waals surface area contributed by atoms with Gasteiger partial charge in [-0.05, 0) is 30.2 Å². The van der Waals surface area contributed by atoms with Gasteiger partial charge in [-0.1, -0.05) is 18.2 Å². The Kier molecular flexibility index (Phi) is 3.85. The Morgan fingerprint density at radius 2 is 1.68 bits per heavy atom. The van der Waals surface area contributed by atoms with E-state index in [0.29, 0.717) is 17.7 Å². The van der Waals surface area contributed by atoms with Gasteiger partial charge >= 0.3 is 6.18 Å². The highest BCUT2D eigenvalue weighted by Gasteiger charge is 2.29. The maximum atomic E-state index is 12.4. The summed E-state index contributed by atoms with van der Waals surface area (Å²) in [6, 6.07) is 8.41. The maximum absolute atomic E-state index is 12.4. The number of benzene rings is 1. The Bertz CT molecular complexity index is 532. The lowest BCUT2D eigenvalue weighted by atomic mass is 10.1. The van der Waals surface area contributed by atoms with Gasteiger partial charge in [0.25, 0.3) is 0 Å². The number of nitrogens with zero attached hydrogens (tertiary/aromatic N) is 1. The summed E-state index contributed by atoms with van der Waals surface area (Å²) in [5.41, 5.74) is 1.45. The average Bonchev–Trinajstić information content (AvgIpc) is 2.39. The minimum atomic E-state index is -4.32. The Labute approximate surface area is 108 Å². The molecule has 1 aromatic carbocycles. The number of hydrogen-bond acceptors (Lipinski definition) is 2. The predicted octanol–water partition coefficient (Wildman–Crippen LogP) is 3.30. The first-order valence-electron chi connectivity index (χ1n) is 5.74. The van der Waals surface area contributed by atoms with Crippen LogP contribution in [0.5, 0.6) is 0 Å². The molecule has 0 fully saturated rings. The molecule has 0 spiro atoms. The number of halogens is 3. The molecule has 0 aliphatic rings. The zero-order valence-corrected chi connectivity index (χ0v) is 9.98. The Hall–Kier alpha value is -1.88. The largest absolute Gasteiger partial charge is 0.416 e. The van der Waals surface area contributed by atoms with Crippen molar-refractivity contribution >= 4 is 0 Å². The highest BCUT2D eigenvalue weighted by atomic mass is 19.4. The molecule has 0 bridgehead atoms. The lowest BCUT2D eigenvalue weighted by Gasteiger charge is -2.07. The lowest BCUT2D eigenvalue weighted by molar-refractivity contribution is -0.137. The van der Waals surface area contributed by atoms with E-state index in [9.17, 15) is 13.2 Å². The molecule has 2 nitrogen and oxygen atoms in total. The fourth-order valence-corrected chi connectivity index (χ4v) is 1.70. The smallest absolute Gasteiger partial charge is 0.396 e. The molecular formula is C14H12F3NO. The second-order valence-electron chi connectivity index (χ2n) is 4.10. The monoisotopic (exact) mass is 267 g/mol. The molecule has 0 unspecified atom stereocenters. The van der Waals surface area contributed by atoms with Crippen LogP contribution in [0.4, 0.5) is 13.2 Å². The van der Waals surface area contributed by atoms with Crippen molar-refractivity contribution in [1.82, 2.24) is 4.98 Å². The van der Waals surface area contributed by atoms with Crippen LogP contribution in [-0.2, 0) is 12.6 Å². The third-order valence-corrected chi connectivity index (χ3v) is 2.73. The van der Waals surface area contributed by atoms with Crippen molar-refractivity contribution in [3.05, 3.63) is 53.7 Å². The summed E-state index contributed by atoms with van der Waals surface area (Å²) in [5.74, 6) is 0. The van der Waals surface area contributed by atoms with Crippen LogP contribution >= 0.6 is 0 Å². The molecule has 2 aromatic rings. The Morgan fingerprint density at radius 3 is 2.16 bits per heavy atom. The number of aliphatic hydroxyl groups is 1. The fourth-order valence-electron chi connectivity index (χ4n) is 1.70. The fraction of sp³-hybridized carbons (Fsp3) is 0.214. The first-order chi connectivity index (χ1) is 9.00. The van der Waals surface area contributed by atoms with Gasteiger partial charge in [-0.15, -0.1) is 0 Å². The number of aromatic nitrogens is 1. The van der Waals surface area contributed by atoms with E-state index in [1.807, 2.05) is 0 Å². The van der Waals surface area contributed by atoms with E-state index in [-0.39, 0.29) is 6.61 Å². The van der Waals surface area contributed by atoms with Crippen molar-refractivity contribution < 1.29 is 18.3 Å². The number of aliphatic hydroxyl groups excluding tert-OH is 1. The van der Waals surface area contributed by atoms with Crippen LogP contribution in [0.2, 0.25) is 0 Å². The van der Waals surface area contributed by atoms with Crippen LogP contribution in [-0.4, -0.2) is 16.7 Å². The first-order valence-corrected chi connectivity index (χ1v) is 5.74. The molecule has 0 saturated heterocycles. The summed E-state index contributed by atoms with van der Waals surface area (Å²) in [7, 11) is 0. The van der Waals surface area contributed by atoms with E-state index in [4.69, 9.17) is 5.11 Å². The molecule has 0 aliphatic heterocycles. The molecule has 1 N–H and O–H groups in total. The number of rotatable bonds is 3. The molecule has 100 valence electrons. The van der Waals surface area contributed by atoms with E-state index in [1.165, 1.54) is 12.1 Å². The average molecular weight is 267 g/mol. The lowest BCUT2D eigenvalue weighted by Crippen LogP contribution is -2.04. The van der Waals surface area contributed by atoms with Crippen molar-refractivity contribution in [3.63, 3.8) is 0 Å². The summed E-state index contributed by atoms with van der Waals surface area (Å²) in [6.45, 7) is 0.0430. The minimum Gasteiger partial charge on any atom is -0.396 e. The summed E-state index contributed by atoms with van der Waals surface area (Å²) in [5, 5.41) is 8.78. The summed E-state index contributed by atoms with van der Waals surface area (Å²) >= 11 is 0. The van der Waals surface area contributed by atoms with E-state index >= 15 is 0 Å². The SMILES string of the molecule is OCCc1ccc(-c2ccc(C(F)(F)F)cc2)nc1. The van der Waals surface area contributed by atoms with Crippen molar-refractivity contribution in [3.8, 4) is 11.3 Å². The molecular weight excluding hydrogens is 255 g/mol. The van der Waals surface area contributed by atoms with Crippen LogP contribution in [0.15, 0.2) is 42.6 Å². The summed E-state index contributed by atoms with van der Waals surface area (Å²) < 4.78 is 37.3. The van der Waals surface area contributed by atoms with Gasteiger partial charge in [-0.25, -0.2) is 0 Å². The molecule has 0 radical (unpaired) electrons. The van der Waals surface area contributed by atoms with E-state index < -0.39 is 11.7 Å². The van der Waals surface area contributed by atoms with Gasteiger partial charge in [-0.2, -0.15) is 13.2 Å². The third kappa shape index (κ3) is 3.32. The number of hydrogen-bond donors (Lipinski definition) is 1. The second-order valence-corrected chi connectivity index (χ2v) is 4.10. The van der Waals surface area contributed by atoms with Gasteiger partial charge in [-0.3, -0.25) is 4.98 Å². The van der Waals surface area contributed by atoms with Crippen LogP contribution in [0.3, 0.4) is 0 Å². The van der Waals surface area contributed by atoms with E-state index in [2.05, 4.69) is 4.98 Å². The quantitative estimate of drug-likeness (QED) is 0.925. The van der Waals surface area contributed by atoms with Crippen LogP contribution in [0.1, 0.15) is 11.1 Å². The van der Waals surface area contributed by atoms with E-state index in [0.717, 1.165) is 17.7 Å². The normalized spacial score (nSPS) is 11.6. The zero-order chi connectivity index (χ0) is 13.9. The van der Waals surface area contributed by atoms with Gasteiger partial charge in [0.2, 0.25) is 0 Å². The second kappa shape index (κ2) is 5.40. The van der Waals surface area contributed by atoms with Crippen LogP contribution < -0.4 is 0 Å². The molecule has 2 rings (SSSR count). The highest BCUT2D eigenvalue weighted by Crippen LogP contribution is 2.30. The minimum absolute atomic E-state index is 0.0430. The summed E-state index contributed by atoms with van der Waals surface area (Å²) in [4.78, 5) is 4.17. The molecule has 19 heavy (non-hydrogen) atoms. The Morgan fingerprint density at radius 1 is 1.00 bits per heavy atom.